The molecule has 2 aliphatic rings. The lowest BCUT2D eigenvalue weighted by molar-refractivity contribution is -0.159. The minimum Gasteiger partial charge on any atom is -0.477 e. The summed E-state index contributed by atoms with van der Waals surface area (Å²) in [5.74, 6) is -0.0640. The molecule has 1 amide bonds. The first-order chi connectivity index (χ1) is 9.99. The minimum atomic E-state index is -1.13. The number of carboxylic acid groups (broad SMARTS) is 1. The number of aliphatic carboxylic acids is 1. The molecule has 0 spiro atoms. The lowest BCUT2D eigenvalue weighted by atomic mass is 10.1. The van der Waals surface area contributed by atoms with E-state index in [0.29, 0.717) is 22.9 Å². The highest BCUT2D eigenvalue weighted by Crippen LogP contribution is 2.41. The highest BCUT2D eigenvalue weighted by Gasteiger charge is 2.52. The molecule has 1 saturated heterocycles. The van der Waals surface area contributed by atoms with Gasteiger partial charge in [0, 0.05) is 11.5 Å². The standard InChI is InChI=1S/C11H11N3O4S3/c1-4-12-11(21-13-4)20-3-5-2-19-9-7(15)8(16)14(9)6(5)10(17)18/h7,9,15H,2-3H2,1H3,(H,17,18)/t7-,9-/m1/s1. The van der Waals surface area contributed by atoms with Crippen molar-refractivity contribution in [1.29, 1.82) is 0 Å². The average molecular weight is 345 g/mol. The van der Waals surface area contributed by atoms with E-state index in [4.69, 9.17) is 0 Å². The van der Waals surface area contributed by atoms with E-state index in [2.05, 4.69) is 9.36 Å². The van der Waals surface area contributed by atoms with Crippen molar-refractivity contribution in [3.63, 3.8) is 0 Å². The molecule has 3 rings (SSSR count). The SMILES string of the molecule is Cc1nsc(SCC2=C(C(=O)O)N3C(=O)[C@@H](O)[C@H]3SC2)n1. The van der Waals surface area contributed by atoms with Crippen molar-refractivity contribution in [3.05, 3.63) is 17.1 Å². The number of β-lactam (4-membered cyclic amide) rings is 1. The van der Waals surface area contributed by atoms with E-state index < -0.39 is 23.4 Å². The maximum absolute atomic E-state index is 11.7. The van der Waals surface area contributed by atoms with Crippen LogP contribution in [0.4, 0.5) is 0 Å². The Hall–Kier alpha value is -1.10. The second kappa shape index (κ2) is 5.59. The smallest absolute Gasteiger partial charge is 0.352 e. The van der Waals surface area contributed by atoms with Crippen LogP contribution in [0.2, 0.25) is 0 Å². The Balaban J connectivity index is 1.81. The van der Waals surface area contributed by atoms with Crippen LogP contribution in [0, 0.1) is 6.92 Å². The van der Waals surface area contributed by atoms with Crippen molar-refractivity contribution in [2.75, 3.05) is 11.5 Å². The van der Waals surface area contributed by atoms with Crippen LogP contribution < -0.4 is 0 Å². The van der Waals surface area contributed by atoms with Crippen LogP contribution in [0.25, 0.3) is 0 Å². The quantitative estimate of drug-likeness (QED) is 0.602. The molecule has 1 aromatic rings. The van der Waals surface area contributed by atoms with E-state index in [1.165, 1.54) is 40.0 Å². The van der Waals surface area contributed by atoms with Crippen LogP contribution in [0.5, 0.6) is 0 Å². The van der Waals surface area contributed by atoms with Gasteiger partial charge in [-0.25, -0.2) is 9.78 Å². The van der Waals surface area contributed by atoms with E-state index in [1.807, 2.05) is 0 Å². The van der Waals surface area contributed by atoms with Crippen LogP contribution in [-0.2, 0) is 9.59 Å². The molecule has 2 aliphatic heterocycles. The summed E-state index contributed by atoms with van der Waals surface area (Å²) in [7, 11) is 0. The fourth-order valence-electron chi connectivity index (χ4n) is 2.13. The molecule has 0 aliphatic carbocycles. The van der Waals surface area contributed by atoms with E-state index in [9.17, 15) is 19.8 Å². The van der Waals surface area contributed by atoms with Crippen molar-refractivity contribution >= 4 is 46.9 Å². The summed E-state index contributed by atoms with van der Waals surface area (Å²) in [5, 5.41) is 18.4. The lowest BCUT2D eigenvalue weighted by Gasteiger charge is -2.47. The molecule has 7 nitrogen and oxygen atoms in total. The van der Waals surface area contributed by atoms with Gasteiger partial charge in [-0.1, -0.05) is 11.8 Å². The summed E-state index contributed by atoms with van der Waals surface area (Å²) in [4.78, 5) is 28.5. The van der Waals surface area contributed by atoms with Crippen molar-refractivity contribution in [3.8, 4) is 0 Å². The van der Waals surface area contributed by atoms with Gasteiger partial charge >= 0.3 is 5.97 Å². The van der Waals surface area contributed by atoms with Gasteiger partial charge in [0.1, 0.15) is 16.9 Å². The molecule has 0 radical (unpaired) electrons. The lowest BCUT2D eigenvalue weighted by Crippen LogP contribution is -2.64. The summed E-state index contributed by atoms with van der Waals surface area (Å²) in [6.45, 7) is 1.80. The van der Waals surface area contributed by atoms with E-state index in [0.717, 1.165) is 4.34 Å². The van der Waals surface area contributed by atoms with Gasteiger partial charge < -0.3 is 10.2 Å². The Labute approximate surface area is 132 Å². The Bertz CT molecular complexity index is 644. The molecule has 112 valence electrons. The molecule has 3 heterocycles. The number of amides is 1. The second-order valence-electron chi connectivity index (χ2n) is 4.51. The zero-order valence-corrected chi connectivity index (χ0v) is 13.3. The summed E-state index contributed by atoms with van der Waals surface area (Å²) in [5.41, 5.74) is 0.671. The molecule has 21 heavy (non-hydrogen) atoms. The van der Waals surface area contributed by atoms with Crippen molar-refractivity contribution in [1.82, 2.24) is 14.3 Å². The van der Waals surface area contributed by atoms with Gasteiger partial charge in [-0.15, -0.1) is 11.8 Å². The first-order valence-electron chi connectivity index (χ1n) is 6.00. The number of hydrogen-bond donors (Lipinski definition) is 2. The van der Waals surface area contributed by atoms with Gasteiger partial charge in [-0.05, 0) is 24.0 Å². The number of aliphatic hydroxyl groups is 1. The predicted octanol–water partition coefficient (Wildman–Crippen LogP) is 0.553. The van der Waals surface area contributed by atoms with Crippen LogP contribution in [0.15, 0.2) is 15.6 Å². The molecule has 2 N–H and O–H groups in total. The van der Waals surface area contributed by atoms with Crippen molar-refractivity contribution in [2.24, 2.45) is 0 Å². The summed E-state index contributed by atoms with van der Waals surface area (Å²) in [6, 6.07) is 0. The summed E-state index contributed by atoms with van der Waals surface area (Å²) in [6.07, 6.45) is -1.09. The van der Waals surface area contributed by atoms with Crippen LogP contribution in [0.3, 0.4) is 0 Å². The largest absolute Gasteiger partial charge is 0.477 e. The highest BCUT2D eigenvalue weighted by atomic mass is 32.2. The second-order valence-corrected chi connectivity index (χ2v) is 7.59. The Kier molecular flexibility index (Phi) is 3.95. The zero-order chi connectivity index (χ0) is 15.1. The molecule has 0 bridgehead atoms. The zero-order valence-electron chi connectivity index (χ0n) is 10.8. The third kappa shape index (κ3) is 2.56. The van der Waals surface area contributed by atoms with Gasteiger partial charge in [-0.2, -0.15) is 4.37 Å². The Morgan fingerprint density at radius 1 is 1.57 bits per heavy atom. The van der Waals surface area contributed by atoms with Gasteiger partial charge in [0.15, 0.2) is 10.4 Å². The number of aromatic nitrogens is 2. The highest BCUT2D eigenvalue weighted by molar-refractivity contribution is 8.01. The number of carbonyl (C=O) groups is 2. The molecule has 2 atom stereocenters. The number of carbonyl (C=O) groups excluding carboxylic acids is 1. The molecule has 0 saturated carbocycles. The fourth-order valence-corrected chi connectivity index (χ4v) is 5.18. The van der Waals surface area contributed by atoms with Crippen LogP contribution >= 0.6 is 35.1 Å². The van der Waals surface area contributed by atoms with Gasteiger partial charge in [0.05, 0.1) is 0 Å². The van der Waals surface area contributed by atoms with E-state index in [-0.39, 0.29) is 5.70 Å². The topological polar surface area (TPSA) is 104 Å². The van der Waals surface area contributed by atoms with Gasteiger partial charge in [-0.3, -0.25) is 9.69 Å². The Morgan fingerprint density at radius 3 is 2.95 bits per heavy atom. The van der Waals surface area contributed by atoms with Crippen molar-refractivity contribution < 1.29 is 19.8 Å². The number of hydrogen-bond acceptors (Lipinski definition) is 8. The predicted molar refractivity (Wildman–Crippen MR) is 79.1 cm³/mol. The minimum absolute atomic E-state index is 0.00258. The first kappa shape index (κ1) is 14.8. The molecule has 0 aromatic carbocycles. The monoisotopic (exact) mass is 345 g/mol. The molecule has 1 fully saturated rings. The molecular weight excluding hydrogens is 334 g/mol. The van der Waals surface area contributed by atoms with E-state index in [1.54, 1.807) is 6.92 Å². The maximum Gasteiger partial charge on any atom is 0.352 e. The number of aliphatic hydroxyl groups excluding tert-OH is 1. The summed E-state index contributed by atoms with van der Waals surface area (Å²) >= 11 is 4.06. The first-order valence-corrected chi connectivity index (χ1v) is 8.81. The fraction of sp³-hybridized carbons (Fsp3) is 0.455. The van der Waals surface area contributed by atoms with Crippen LogP contribution in [-0.4, -0.2) is 59.3 Å². The number of rotatable bonds is 4. The van der Waals surface area contributed by atoms with E-state index >= 15 is 0 Å². The molecule has 1 aromatic heterocycles. The third-order valence-corrected chi connectivity index (χ3v) is 6.44. The van der Waals surface area contributed by atoms with Crippen LogP contribution in [0.1, 0.15) is 5.82 Å². The number of thioether (sulfide) groups is 2. The maximum atomic E-state index is 11.7. The average Bonchev–Trinajstić information content (AvgIpc) is 2.88. The number of nitrogens with zero attached hydrogens (tertiary/aromatic N) is 3. The molecule has 10 heteroatoms. The number of carboxylic acids is 1. The number of fused-ring (bicyclic) bond motifs is 1. The molecule has 0 unspecified atom stereocenters. The van der Waals surface area contributed by atoms with Gasteiger partial charge in [0.25, 0.3) is 5.91 Å². The van der Waals surface area contributed by atoms with Gasteiger partial charge in [0.2, 0.25) is 0 Å². The van der Waals surface area contributed by atoms with Crippen molar-refractivity contribution in [2.45, 2.75) is 22.7 Å². The molecular formula is C11H11N3O4S3. The third-order valence-electron chi connectivity index (χ3n) is 3.10. The normalized spacial score (nSPS) is 24.9. The Morgan fingerprint density at radius 2 is 2.33 bits per heavy atom. The number of aryl methyl sites for hydroxylation is 1. The summed E-state index contributed by atoms with van der Waals surface area (Å²) < 4.78 is 4.84.